The summed E-state index contributed by atoms with van der Waals surface area (Å²) in [7, 11) is -4.97. The van der Waals surface area contributed by atoms with Crippen molar-refractivity contribution < 1.29 is 32.3 Å². The zero-order valence-electron chi connectivity index (χ0n) is 17.6. The standard InChI is InChI=1S/C18H40O7P2/c1-5-21-26(22-6-2)25-18(27(20,23-7-3)24-8-4)16-14-12-10-9-11-13-15-17-19/h18-19H,5-17H2,1-4H3. The molecular formula is C18H40O7P2. The van der Waals surface area contributed by atoms with Gasteiger partial charge < -0.3 is 23.2 Å². The zero-order valence-corrected chi connectivity index (χ0v) is 19.3. The summed E-state index contributed by atoms with van der Waals surface area (Å²) >= 11 is 0. The van der Waals surface area contributed by atoms with Crippen molar-refractivity contribution in [3.63, 3.8) is 0 Å². The predicted octanol–water partition coefficient (Wildman–Crippen LogP) is 6.01. The van der Waals surface area contributed by atoms with Crippen molar-refractivity contribution in [3.8, 4) is 0 Å². The van der Waals surface area contributed by atoms with Gasteiger partial charge in [0.25, 0.3) is 0 Å². The molecule has 164 valence electrons. The van der Waals surface area contributed by atoms with Crippen LogP contribution in [0, 0.1) is 0 Å². The Kier molecular flexibility index (Phi) is 18.7. The van der Waals surface area contributed by atoms with Gasteiger partial charge in [-0.25, -0.2) is 0 Å². The van der Waals surface area contributed by atoms with Gasteiger partial charge in [-0.15, -0.1) is 0 Å². The van der Waals surface area contributed by atoms with Gasteiger partial charge in [0, 0.05) is 6.61 Å². The Morgan fingerprint density at radius 2 is 1.26 bits per heavy atom. The van der Waals surface area contributed by atoms with Gasteiger partial charge in [0.2, 0.25) is 0 Å². The average molecular weight is 430 g/mol. The third-order valence-corrected chi connectivity index (χ3v) is 7.59. The summed E-state index contributed by atoms with van der Waals surface area (Å²) in [5, 5.41) is 8.80. The van der Waals surface area contributed by atoms with Gasteiger partial charge in [-0.2, -0.15) is 0 Å². The van der Waals surface area contributed by atoms with Crippen molar-refractivity contribution in [3.05, 3.63) is 0 Å². The summed E-state index contributed by atoms with van der Waals surface area (Å²) in [6, 6.07) is 0. The maximum atomic E-state index is 13.2. The van der Waals surface area contributed by atoms with Crippen LogP contribution >= 0.6 is 16.2 Å². The van der Waals surface area contributed by atoms with E-state index in [1.54, 1.807) is 13.8 Å². The number of aliphatic hydroxyl groups is 1. The predicted molar refractivity (Wildman–Crippen MR) is 110 cm³/mol. The minimum absolute atomic E-state index is 0.270. The summed E-state index contributed by atoms with van der Waals surface area (Å²) in [5.74, 6) is -0.684. The lowest BCUT2D eigenvalue weighted by Gasteiger charge is -2.28. The molecule has 0 amide bonds. The van der Waals surface area contributed by atoms with Gasteiger partial charge in [-0.1, -0.05) is 38.5 Å². The maximum absolute atomic E-state index is 13.2. The molecule has 0 bridgehead atoms. The van der Waals surface area contributed by atoms with Gasteiger partial charge in [-0.05, 0) is 40.5 Å². The molecule has 0 aliphatic rings. The van der Waals surface area contributed by atoms with Crippen LogP contribution in [0.5, 0.6) is 0 Å². The lowest BCUT2D eigenvalue weighted by atomic mass is 10.1. The summed E-state index contributed by atoms with van der Waals surface area (Å²) in [6.07, 6.45) is 7.81. The number of rotatable bonds is 20. The number of hydrogen-bond acceptors (Lipinski definition) is 7. The quantitative estimate of drug-likeness (QED) is 0.187. The summed E-state index contributed by atoms with van der Waals surface area (Å²) < 4.78 is 41.2. The molecule has 0 spiro atoms. The topological polar surface area (TPSA) is 83.5 Å². The van der Waals surface area contributed by atoms with E-state index in [2.05, 4.69) is 0 Å². The maximum Gasteiger partial charge on any atom is 0.359 e. The highest BCUT2D eigenvalue weighted by atomic mass is 31.2. The Morgan fingerprint density at radius 1 is 0.778 bits per heavy atom. The first-order valence-electron chi connectivity index (χ1n) is 10.3. The van der Waals surface area contributed by atoms with E-state index in [-0.39, 0.29) is 6.61 Å². The van der Waals surface area contributed by atoms with E-state index >= 15 is 0 Å². The van der Waals surface area contributed by atoms with E-state index in [1.165, 1.54) is 0 Å². The fourth-order valence-electron chi connectivity index (χ4n) is 2.55. The summed E-state index contributed by atoms with van der Waals surface area (Å²) in [5.41, 5.74) is 0. The molecule has 0 aliphatic carbocycles. The molecule has 1 atom stereocenters. The first kappa shape index (κ1) is 27.4. The molecule has 0 rings (SSSR count). The Hall–Kier alpha value is 0.420. The van der Waals surface area contributed by atoms with E-state index in [0.717, 1.165) is 44.9 Å². The SMILES string of the molecule is CCOP(OCC)OC(CCCCCCCCCO)P(=O)(OCC)OCC. The van der Waals surface area contributed by atoms with Crippen LogP contribution in [-0.4, -0.2) is 44.0 Å². The molecule has 0 aromatic heterocycles. The first-order valence-corrected chi connectivity index (χ1v) is 13.0. The molecule has 7 nitrogen and oxygen atoms in total. The molecule has 0 aliphatic heterocycles. The number of aliphatic hydroxyl groups excluding tert-OH is 1. The molecule has 0 heterocycles. The minimum Gasteiger partial charge on any atom is -0.396 e. The van der Waals surface area contributed by atoms with Gasteiger partial charge in [0.15, 0.2) is 5.85 Å². The van der Waals surface area contributed by atoms with E-state index in [9.17, 15) is 4.57 Å². The molecule has 9 heteroatoms. The van der Waals surface area contributed by atoms with Crippen LogP contribution in [0.15, 0.2) is 0 Å². The monoisotopic (exact) mass is 430 g/mol. The molecule has 0 aromatic rings. The zero-order chi connectivity index (χ0) is 20.4. The fraction of sp³-hybridized carbons (Fsp3) is 1.00. The lowest BCUT2D eigenvalue weighted by Crippen LogP contribution is -2.17. The highest BCUT2D eigenvalue weighted by Gasteiger charge is 2.39. The lowest BCUT2D eigenvalue weighted by molar-refractivity contribution is 0.117. The van der Waals surface area contributed by atoms with Crippen LogP contribution in [0.3, 0.4) is 0 Å². The van der Waals surface area contributed by atoms with Crippen LogP contribution < -0.4 is 0 Å². The summed E-state index contributed by atoms with van der Waals surface area (Å²) in [6.45, 7) is 9.10. The van der Waals surface area contributed by atoms with Crippen LogP contribution in [0.25, 0.3) is 0 Å². The Labute approximate surface area is 167 Å². The van der Waals surface area contributed by atoms with Crippen molar-refractivity contribution in [2.24, 2.45) is 0 Å². The van der Waals surface area contributed by atoms with Crippen molar-refractivity contribution in [2.75, 3.05) is 33.0 Å². The third-order valence-electron chi connectivity index (χ3n) is 3.76. The normalized spacial score (nSPS) is 13.4. The average Bonchev–Trinajstić information content (AvgIpc) is 2.63. The highest BCUT2D eigenvalue weighted by Crippen LogP contribution is 2.59. The minimum atomic E-state index is -3.39. The largest absolute Gasteiger partial charge is 0.396 e. The Morgan fingerprint density at radius 3 is 1.70 bits per heavy atom. The van der Waals surface area contributed by atoms with Crippen molar-refractivity contribution in [1.82, 2.24) is 0 Å². The van der Waals surface area contributed by atoms with Gasteiger partial charge in [0.05, 0.1) is 26.4 Å². The molecule has 27 heavy (non-hydrogen) atoms. The molecule has 1 unspecified atom stereocenters. The first-order chi connectivity index (χ1) is 13.1. The van der Waals surface area contributed by atoms with E-state index in [4.69, 9.17) is 27.7 Å². The van der Waals surface area contributed by atoms with Crippen LogP contribution in [-0.2, 0) is 27.2 Å². The second-order valence-corrected chi connectivity index (χ2v) is 9.33. The molecule has 0 saturated heterocycles. The van der Waals surface area contributed by atoms with Crippen LogP contribution in [0.1, 0.15) is 79.1 Å². The van der Waals surface area contributed by atoms with Crippen LogP contribution in [0.4, 0.5) is 0 Å². The molecule has 0 saturated carbocycles. The van der Waals surface area contributed by atoms with Gasteiger partial charge >= 0.3 is 16.2 Å². The van der Waals surface area contributed by atoms with E-state index in [0.29, 0.717) is 32.8 Å². The van der Waals surface area contributed by atoms with Gasteiger partial charge in [0.1, 0.15) is 0 Å². The van der Waals surface area contributed by atoms with E-state index < -0.39 is 22.0 Å². The summed E-state index contributed by atoms with van der Waals surface area (Å²) in [4.78, 5) is 0. The fourth-order valence-corrected chi connectivity index (χ4v) is 5.80. The van der Waals surface area contributed by atoms with Crippen LogP contribution in [0.2, 0.25) is 0 Å². The molecular weight excluding hydrogens is 390 g/mol. The smallest absolute Gasteiger partial charge is 0.359 e. The van der Waals surface area contributed by atoms with Crippen molar-refractivity contribution in [2.45, 2.75) is 84.9 Å². The number of unbranched alkanes of at least 4 members (excludes halogenated alkanes) is 6. The molecule has 0 radical (unpaired) electrons. The Bertz CT molecular complexity index is 356. The molecule has 1 N–H and O–H groups in total. The number of hydrogen-bond donors (Lipinski definition) is 1. The van der Waals surface area contributed by atoms with Crippen molar-refractivity contribution >= 4 is 16.2 Å². The second kappa shape index (κ2) is 18.4. The highest BCUT2D eigenvalue weighted by molar-refractivity contribution is 7.55. The molecule has 0 aromatic carbocycles. The third kappa shape index (κ3) is 13.3. The Balaban J connectivity index is 4.69. The van der Waals surface area contributed by atoms with Crippen molar-refractivity contribution in [1.29, 1.82) is 0 Å². The second-order valence-electron chi connectivity index (χ2n) is 5.98. The molecule has 0 fully saturated rings. The van der Waals surface area contributed by atoms with E-state index in [1.807, 2.05) is 13.8 Å². The van der Waals surface area contributed by atoms with Gasteiger partial charge in [-0.3, -0.25) is 9.09 Å².